The van der Waals surface area contributed by atoms with Crippen molar-refractivity contribution in [3.05, 3.63) is 0 Å². The summed E-state index contributed by atoms with van der Waals surface area (Å²) in [7, 11) is 1.32. The van der Waals surface area contributed by atoms with Crippen LogP contribution in [0.3, 0.4) is 0 Å². The van der Waals surface area contributed by atoms with E-state index < -0.39 is 6.09 Å². The first-order valence-corrected chi connectivity index (χ1v) is 2.75. The molecule has 0 fully saturated rings. The zero-order chi connectivity index (χ0) is 7.28. The van der Waals surface area contributed by atoms with Gasteiger partial charge in [-0.1, -0.05) is 0 Å². The van der Waals surface area contributed by atoms with E-state index in [1.54, 1.807) is 6.92 Å². The highest BCUT2D eigenvalue weighted by Crippen LogP contribution is 1.77. The number of hydrogen-bond donors (Lipinski definition) is 2. The minimum absolute atomic E-state index is 0.0163. The summed E-state index contributed by atoms with van der Waals surface area (Å²) in [4.78, 5) is 10.4. The SMILES string of the molecule is COC(=O)N[C@H](C)CN. The topological polar surface area (TPSA) is 64.3 Å². The van der Waals surface area contributed by atoms with E-state index in [2.05, 4.69) is 10.1 Å². The van der Waals surface area contributed by atoms with E-state index in [0.29, 0.717) is 6.54 Å². The van der Waals surface area contributed by atoms with Gasteiger partial charge < -0.3 is 15.8 Å². The molecule has 0 aliphatic heterocycles. The first-order chi connectivity index (χ1) is 4.20. The average molecular weight is 132 g/mol. The highest BCUT2D eigenvalue weighted by atomic mass is 16.5. The van der Waals surface area contributed by atoms with Gasteiger partial charge in [-0.3, -0.25) is 0 Å². The van der Waals surface area contributed by atoms with Crippen LogP contribution < -0.4 is 11.1 Å². The van der Waals surface area contributed by atoms with Crippen LogP contribution in [-0.4, -0.2) is 25.8 Å². The number of nitrogens with one attached hydrogen (secondary N) is 1. The molecule has 1 atom stereocenters. The summed E-state index contributed by atoms with van der Waals surface area (Å²) in [6.45, 7) is 2.23. The van der Waals surface area contributed by atoms with Crippen LogP contribution in [0.2, 0.25) is 0 Å². The monoisotopic (exact) mass is 132 g/mol. The Morgan fingerprint density at radius 3 is 2.78 bits per heavy atom. The molecule has 0 aliphatic carbocycles. The van der Waals surface area contributed by atoms with Gasteiger partial charge in [0.25, 0.3) is 0 Å². The van der Waals surface area contributed by atoms with Gasteiger partial charge in [-0.05, 0) is 6.92 Å². The molecule has 0 aromatic rings. The Balaban J connectivity index is 3.34. The summed E-state index contributed by atoms with van der Waals surface area (Å²) in [6, 6.07) is -0.0163. The molecule has 0 saturated carbocycles. The van der Waals surface area contributed by atoms with Crippen LogP contribution in [0.15, 0.2) is 0 Å². The number of amides is 1. The van der Waals surface area contributed by atoms with E-state index in [4.69, 9.17) is 5.73 Å². The summed E-state index contributed by atoms with van der Waals surface area (Å²) in [6.07, 6.45) is -0.437. The van der Waals surface area contributed by atoms with Crippen LogP contribution in [0.1, 0.15) is 6.92 Å². The zero-order valence-electron chi connectivity index (χ0n) is 5.68. The van der Waals surface area contributed by atoms with Gasteiger partial charge in [0.2, 0.25) is 0 Å². The van der Waals surface area contributed by atoms with Crippen LogP contribution in [-0.2, 0) is 4.74 Å². The molecule has 0 spiro atoms. The van der Waals surface area contributed by atoms with Crippen molar-refractivity contribution in [1.82, 2.24) is 5.32 Å². The fourth-order valence-corrected chi connectivity index (χ4v) is 0.319. The number of alkyl carbamates (subject to hydrolysis) is 1. The van der Waals surface area contributed by atoms with Gasteiger partial charge in [0.1, 0.15) is 0 Å². The van der Waals surface area contributed by atoms with Gasteiger partial charge >= 0.3 is 6.09 Å². The average Bonchev–Trinajstić information content (AvgIpc) is 1.87. The smallest absolute Gasteiger partial charge is 0.407 e. The Bertz CT molecular complexity index is 95.0. The van der Waals surface area contributed by atoms with Gasteiger partial charge in [0, 0.05) is 12.6 Å². The molecular weight excluding hydrogens is 120 g/mol. The Kier molecular flexibility index (Phi) is 3.79. The third-order valence-corrected chi connectivity index (χ3v) is 0.903. The van der Waals surface area contributed by atoms with Crippen molar-refractivity contribution in [3.63, 3.8) is 0 Å². The molecule has 0 heterocycles. The van der Waals surface area contributed by atoms with Crippen molar-refractivity contribution in [2.45, 2.75) is 13.0 Å². The molecule has 0 saturated heterocycles. The first kappa shape index (κ1) is 8.23. The second-order valence-electron chi connectivity index (χ2n) is 1.77. The van der Waals surface area contributed by atoms with Crippen LogP contribution >= 0.6 is 0 Å². The maximum absolute atomic E-state index is 10.4. The van der Waals surface area contributed by atoms with E-state index in [0.717, 1.165) is 0 Å². The second kappa shape index (κ2) is 4.14. The normalized spacial score (nSPS) is 12.3. The van der Waals surface area contributed by atoms with E-state index in [1.165, 1.54) is 7.11 Å². The van der Waals surface area contributed by atoms with Gasteiger partial charge in [-0.25, -0.2) is 4.79 Å². The quantitative estimate of drug-likeness (QED) is 0.541. The maximum Gasteiger partial charge on any atom is 0.407 e. The highest BCUT2D eigenvalue weighted by Gasteiger charge is 2.02. The summed E-state index contributed by atoms with van der Waals surface area (Å²) >= 11 is 0. The van der Waals surface area contributed by atoms with E-state index in [-0.39, 0.29) is 6.04 Å². The van der Waals surface area contributed by atoms with Crippen LogP contribution in [0, 0.1) is 0 Å². The predicted molar refractivity (Wildman–Crippen MR) is 34.1 cm³/mol. The molecule has 9 heavy (non-hydrogen) atoms. The standard InChI is InChI=1S/C5H12N2O2/c1-4(3-6)7-5(8)9-2/h4H,3,6H2,1-2H3,(H,7,8)/t4-/m1/s1. The fraction of sp³-hybridized carbons (Fsp3) is 0.800. The molecule has 4 nitrogen and oxygen atoms in total. The largest absolute Gasteiger partial charge is 0.453 e. The number of nitrogens with two attached hydrogens (primary N) is 1. The lowest BCUT2D eigenvalue weighted by Crippen LogP contribution is -2.37. The lowest BCUT2D eigenvalue weighted by molar-refractivity contribution is 0.167. The molecule has 3 N–H and O–H groups in total. The molecule has 54 valence electrons. The molecular formula is C5H12N2O2. The molecule has 0 aliphatic rings. The van der Waals surface area contributed by atoms with Crippen molar-refractivity contribution in [1.29, 1.82) is 0 Å². The fourth-order valence-electron chi connectivity index (χ4n) is 0.319. The van der Waals surface area contributed by atoms with Crippen LogP contribution in [0.25, 0.3) is 0 Å². The molecule has 0 bridgehead atoms. The number of rotatable bonds is 2. The summed E-state index contributed by atoms with van der Waals surface area (Å²) in [5, 5.41) is 2.49. The lowest BCUT2D eigenvalue weighted by Gasteiger charge is -2.08. The number of methoxy groups -OCH3 is 1. The summed E-state index contributed by atoms with van der Waals surface area (Å²) in [5.74, 6) is 0. The minimum atomic E-state index is -0.437. The zero-order valence-corrected chi connectivity index (χ0v) is 5.68. The third kappa shape index (κ3) is 3.78. The molecule has 1 amide bonds. The van der Waals surface area contributed by atoms with Gasteiger partial charge in [0.05, 0.1) is 7.11 Å². The Morgan fingerprint density at radius 2 is 2.44 bits per heavy atom. The van der Waals surface area contributed by atoms with E-state index in [1.807, 2.05) is 0 Å². The number of carbonyl (C=O) groups excluding carboxylic acids is 1. The molecule has 0 aromatic heterocycles. The van der Waals surface area contributed by atoms with Crippen molar-refractivity contribution in [3.8, 4) is 0 Å². The Morgan fingerprint density at radius 1 is 1.89 bits per heavy atom. The minimum Gasteiger partial charge on any atom is -0.453 e. The molecule has 0 aromatic carbocycles. The van der Waals surface area contributed by atoms with Crippen molar-refractivity contribution in [2.75, 3.05) is 13.7 Å². The van der Waals surface area contributed by atoms with E-state index in [9.17, 15) is 4.79 Å². The first-order valence-electron chi connectivity index (χ1n) is 2.75. The third-order valence-electron chi connectivity index (χ3n) is 0.903. The number of hydrogen-bond acceptors (Lipinski definition) is 3. The molecule has 0 radical (unpaired) electrons. The maximum atomic E-state index is 10.4. The van der Waals surface area contributed by atoms with Gasteiger partial charge in [0.15, 0.2) is 0 Å². The lowest BCUT2D eigenvalue weighted by atomic mass is 10.3. The van der Waals surface area contributed by atoms with Gasteiger partial charge in [-0.2, -0.15) is 0 Å². The van der Waals surface area contributed by atoms with Crippen LogP contribution in [0.4, 0.5) is 4.79 Å². The molecule has 4 heteroatoms. The highest BCUT2D eigenvalue weighted by molar-refractivity contribution is 5.67. The van der Waals surface area contributed by atoms with Gasteiger partial charge in [-0.15, -0.1) is 0 Å². The second-order valence-corrected chi connectivity index (χ2v) is 1.77. The summed E-state index contributed by atoms with van der Waals surface area (Å²) in [5.41, 5.74) is 5.20. The van der Waals surface area contributed by atoms with Crippen molar-refractivity contribution in [2.24, 2.45) is 5.73 Å². The Labute approximate surface area is 54.4 Å². The van der Waals surface area contributed by atoms with E-state index >= 15 is 0 Å². The summed E-state index contributed by atoms with van der Waals surface area (Å²) < 4.78 is 4.32. The van der Waals surface area contributed by atoms with Crippen LogP contribution in [0.5, 0.6) is 0 Å². The molecule has 0 unspecified atom stereocenters. The predicted octanol–water partition coefficient (Wildman–Crippen LogP) is -0.310. The molecule has 0 rings (SSSR count). The van der Waals surface area contributed by atoms with Crippen molar-refractivity contribution >= 4 is 6.09 Å². The van der Waals surface area contributed by atoms with Crippen molar-refractivity contribution < 1.29 is 9.53 Å². The number of carbonyl (C=O) groups is 1. The Hall–Kier alpha value is -0.770. The number of ether oxygens (including phenoxy) is 1.